The topological polar surface area (TPSA) is 109 Å². The molecule has 1 saturated heterocycles. The molecule has 0 atom stereocenters. The minimum atomic E-state index is -3.63. The van der Waals surface area contributed by atoms with Gasteiger partial charge in [0, 0.05) is 42.3 Å². The molecule has 3 aromatic rings. The van der Waals surface area contributed by atoms with Crippen molar-refractivity contribution in [3.05, 3.63) is 59.8 Å². The van der Waals surface area contributed by atoms with Gasteiger partial charge >= 0.3 is 5.97 Å². The Morgan fingerprint density at radius 3 is 2.65 bits per heavy atom. The first-order chi connectivity index (χ1) is 16.3. The zero-order chi connectivity index (χ0) is 24.1. The van der Waals surface area contributed by atoms with Gasteiger partial charge in [0.2, 0.25) is 10.0 Å². The molecule has 180 valence electrons. The summed E-state index contributed by atoms with van der Waals surface area (Å²) in [5, 5.41) is 3.69. The first kappa shape index (κ1) is 24.0. The number of nitrogens with one attached hydrogen (secondary N) is 2. The molecule has 1 aromatic heterocycles. The zero-order valence-electron chi connectivity index (χ0n) is 19.2. The molecule has 0 unspecified atom stereocenters. The van der Waals surface area contributed by atoms with Crippen LogP contribution in [-0.4, -0.2) is 49.3 Å². The third-order valence-electron chi connectivity index (χ3n) is 6.04. The van der Waals surface area contributed by atoms with Crippen LogP contribution in [0.2, 0.25) is 0 Å². The van der Waals surface area contributed by atoms with Crippen LogP contribution in [0.25, 0.3) is 10.9 Å². The molecule has 1 aliphatic heterocycles. The molecule has 1 aliphatic rings. The number of nitrogens with zero attached hydrogens (tertiary/aromatic N) is 1. The second kappa shape index (κ2) is 10.4. The minimum absolute atomic E-state index is 0.151. The molecule has 4 rings (SSSR count). The van der Waals surface area contributed by atoms with Crippen molar-refractivity contribution in [1.82, 2.24) is 9.29 Å². The SMILES string of the molecule is Cc1ccc(NC(=O)COC(=O)CCc2c[nH]c3ccccc23)cc1S(=O)(=O)N1CCCCC1. The largest absolute Gasteiger partial charge is 0.456 e. The Morgan fingerprint density at radius 2 is 1.85 bits per heavy atom. The van der Waals surface area contributed by atoms with Gasteiger partial charge in [-0.1, -0.05) is 30.7 Å². The van der Waals surface area contributed by atoms with Crippen molar-refractivity contribution in [2.24, 2.45) is 0 Å². The summed E-state index contributed by atoms with van der Waals surface area (Å²) in [6, 6.07) is 12.6. The molecule has 0 saturated carbocycles. The Hall–Kier alpha value is -3.17. The number of sulfonamides is 1. The van der Waals surface area contributed by atoms with E-state index in [1.807, 2.05) is 30.5 Å². The maximum atomic E-state index is 13.1. The van der Waals surface area contributed by atoms with Crippen molar-refractivity contribution in [3.8, 4) is 0 Å². The molecule has 2 N–H and O–H groups in total. The number of aromatic amines is 1. The maximum absolute atomic E-state index is 13.1. The van der Waals surface area contributed by atoms with E-state index in [9.17, 15) is 18.0 Å². The number of rotatable bonds is 8. The van der Waals surface area contributed by atoms with E-state index in [4.69, 9.17) is 4.74 Å². The number of hydrogen-bond acceptors (Lipinski definition) is 5. The lowest BCUT2D eigenvalue weighted by Crippen LogP contribution is -2.36. The van der Waals surface area contributed by atoms with E-state index in [1.165, 1.54) is 10.4 Å². The van der Waals surface area contributed by atoms with Crippen molar-refractivity contribution in [3.63, 3.8) is 0 Å². The first-order valence-electron chi connectivity index (χ1n) is 11.5. The number of aromatic nitrogens is 1. The van der Waals surface area contributed by atoms with Gasteiger partial charge in [-0.15, -0.1) is 0 Å². The van der Waals surface area contributed by atoms with E-state index >= 15 is 0 Å². The van der Waals surface area contributed by atoms with Crippen LogP contribution in [0.3, 0.4) is 0 Å². The number of esters is 1. The molecule has 0 bridgehead atoms. The van der Waals surface area contributed by atoms with Crippen LogP contribution in [0.5, 0.6) is 0 Å². The van der Waals surface area contributed by atoms with Crippen LogP contribution >= 0.6 is 0 Å². The van der Waals surface area contributed by atoms with E-state index in [1.54, 1.807) is 19.1 Å². The number of hydrogen-bond donors (Lipinski definition) is 2. The third-order valence-corrected chi connectivity index (χ3v) is 8.08. The highest BCUT2D eigenvalue weighted by atomic mass is 32.2. The minimum Gasteiger partial charge on any atom is -0.456 e. The second-order valence-corrected chi connectivity index (χ2v) is 10.4. The zero-order valence-corrected chi connectivity index (χ0v) is 20.0. The highest BCUT2D eigenvalue weighted by Gasteiger charge is 2.27. The van der Waals surface area contributed by atoms with E-state index in [-0.39, 0.29) is 11.3 Å². The molecule has 0 spiro atoms. The summed E-state index contributed by atoms with van der Waals surface area (Å²) in [6.45, 7) is 2.31. The van der Waals surface area contributed by atoms with Crippen LogP contribution in [-0.2, 0) is 30.8 Å². The summed E-state index contributed by atoms with van der Waals surface area (Å²) in [4.78, 5) is 27.8. The summed E-state index contributed by atoms with van der Waals surface area (Å²) in [5.41, 5.74) is 2.98. The maximum Gasteiger partial charge on any atom is 0.306 e. The fourth-order valence-corrected chi connectivity index (χ4v) is 5.96. The van der Waals surface area contributed by atoms with Crippen LogP contribution in [0.15, 0.2) is 53.6 Å². The van der Waals surface area contributed by atoms with Crippen molar-refractivity contribution in [2.45, 2.75) is 43.9 Å². The van der Waals surface area contributed by atoms with Gasteiger partial charge in [0.15, 0.2) is 6.61 Å². The molecular weight excluding hydrogens is 454 g/mol. The number of amides is 1. The van der Waals surface area contributed by atoms with Gasteiger partial charge in [0.1, 0.15) is 0 Å². The predicted octanol–water partition coefficient (Wildman–Crippen LogP) is 3.77. The smallest absolute Gasteiger partial charge is 0.306 e. The number of fused-ring (bicyclic) bond motifs is 1. The summed E-state index contributed by atoms with van der Waals surface area (Å²) < 4.78 is 32.7. The van der Waals surface area contributed by atoms with Gasteiger partial charge in [-0.3, -0.25) is 9.59 Å². The van der Waals surface area contributed by atoms with Gasteiger partial charge < -0.3 is 15.0 Å². The molecule has 34 heavy (non-hydrogen) atoms. The van der Waals surface area contributed by atoms with Gasteiger partial charge in [-0.2, -0.15) is 4.31 Å². The van der Waals surface area contributed by atoms with E-state index < -0.39 is 28.5 Å². The van der Waals surface area contributed by atoms with Gasteiger partial charge in [0.05, 0.1) is 4.90 Å². The average Bonchev–Trinajstić information content (AvgIpc) is 3.26. The van der Waals surface area contributed by atoms with Crippen molar-refractivity contribution >= 4 is 38.5 Å². The lowest BCUT2D eigenvalue weighted by atomic mass is 10.1. The molecule has 8 nitrogen and oxygen atoms in total. The number of aryl methyl sites for hydroxylation is 2. The standard InChI is InChI=1S/C25H29N3O5S/c1-18-9-11-20(15-23(18)34(31,32)28-13-5-2-6-14-28)27-24(29)17-33-25(30)12-10-19-16-26-22-8-4-3-7-21(19)22/h3-4,7-9,11,15-16,26H,2,5-6,10,12-14,17H2,1H3,(H,27,29). The summed E-state index contributed by atoms with van der Waals surface area (Å²) in [7, 11) is -3.63. The third kappa shape index (κ3) is 5.48. The molecule has 1 amide bonds. The van der Waals surface area contributed by atoms with Crippen molar-refractivity contribution in [1.29, 1.82) is 0 Å². The highest BCUT2D eigenvalue weighted by molar-refractivity contribution is 7.89. The van der Waals surface area contributed by atoms with Crippen LogP contribution in [0, 0.1) is 6.92 Å². The number of carbonyl (C=O) groups excluding carboxylic acids is 2. The molecular formula is C25H29N3O5S. The van der Waals surface area contributed by atoms with E-state index in [2.05, 4.69) is 10.3 Å². The Bertz CT molecular complexity index is 1290. The number of carbonyl (C=O) groups is 2. The number of para-hydroxylation sites is 1. The summed E-state index contributed by atoms with van der Waals surface area (Å²) >= 11 is 0. The molecule has 1 fully saturated rings. The fraction of sp³-hybridized carbons (Fsp3) is 0.360. The van der Waals surface area contributed by atoms with Crippen molar-refractivity contribution in [2.75, 3.05) is 25.0 Å². The number of benzene rings is 2. The van der Waals surface area contributed by atoms with Crippen molar-refractivity contribution < 1.29 is 22.7 Å². The Labute approximate surface area is 199 Å². The molecule has 9 heteroatoms. The quantitative estimate of drug-likeness (QED) is 0.474. The highest BCUT2D eigenvalue weighted by Crippen LogP contribution is 2.26. The van der Waals surface area contributed by atoms with Crippen LogP contribution < -0.4 is 5.32 Å². The Balaban J connectivity index is 1.31. The van der Waals surface area contributed by atoms with Gasteiger partial charge in [-0.25, -0.2) is 8.42 Å². The number of anilines is 1. The number of piperidine rings is 1. The normalized spacial score (nSPS) is 14.7. The fourth-order valence-electron chi connectivity index (χ4n) is 4.19. The predicted molar refractivity (Wildman–Crippen MR) is 130 cm³/mol. The summed E-state index contributed by atoms with van der Waals surface area (Å²) in [6.07, 6.45) is 5.25. The average molecular weight is 484 g/mol. The lowest BCUT2D eigenvalue weighted by molar-refractivity contribution is -0.147. The second-order valence-electron chi connectivity index (χ2n) is 8.51. The van der Waals surface area contributed by atoms with Crippen LogP contribution in [0.4, 0.5) is 5.69 Å². The van der Waals surface area contributed by atoms with E-state index in [0.29, 0.717) is 30.8 Å². The molecule has 0 radical (unpaired) electrons. The molecule has 2 aromatic carbocycles. The first-order valence-corrected chi connectivity index (χ1v) is 12.9. The number of ether oxygens (including phenoxy) is 1. The monoisotopic (exact) mass is 483 g/mol. The lowest BCUT2D eigenvalue weighted by Gasteiger charge is -2.26. The molecule has 0 aliphatic carbocycles. The summed E-state index contributed by atoms with van der Waals surface area (Å²) in [5.74, 6) is -0.997. The van der Waals surface area contributed by atoms with Crippen LogP contribution in [0.1, 0.15) is 36.8 Å². The Kier molecular flexibility index (Phi) is 7.33. The Morgan fingerprint density at radius 1 is 1.09 bits per heavy atom. The number of H-pyrrole nitrogens is 1. The van der Waals surface area contributed by atoms with E-state index in [0.717, 1.165) is 35.7 Å². The van der Waals surface area contributed by atoms with Gasteiger partial charge in [-0.05, 0) is 55.5 Å². The van der Waals surface area contributed by atoms with Gasteiger partial charge in [0.25, 0.3) is 5.91 Å². The molecule has 2 heterocycles.